The molecule has 0 heteroatoms. The van der Waals surface area contributed by atoms with Gasteiger partial charge in [0.1, 0.15) is 0 Å². The van der Waals surface area contributed by atoms with Crippen LogP contribution in [0.1, 0.15) is 86.0 Å². The molecule has 0 aromatic rings. The van der Waals surface area contributed by atoms with Crippen molar-refractivity contribution >= 4 is 0 Å². The van der Waals surface area contributed by atoms with E-state index in [1.165, 1.54) is 51.4 Å². The van der Waals surface area contributed by atoms with Crippen molar-refractivity contribution in [2.45, 2.75) is 86.0 Å². The molecular formula is C16H34. The van der Waals surface area contributed by atoms with Gasteiger partial charge < -0.3 is 0 Å². The Bertz CT molecular complexity index is 139. The lowest BCUT2D eigenvalue weighted by molar-refractivity contribution is 0.328. The normalized spacial score (nSPS) is 17.1. The molecule has 0 fully saturated rings. The Labute approximate surface area is 104 Å². The van der Waals surface area contributed by atoms with Gasteiger partial charge in [-0.3, -0.25) is 0 Å². The van der Waals surface area contributed by atoms with Crippen molar-refractivity contribution in [2.75, 3.05) is 0 Å². The van der Waals surface area contributed by atoms with Gasteiger partial charge >= 0.3 is 0 Å². The highest BCUT2D eigenvalue weighted by molar-refractivity contribution is 4.62. The summed E-state index contributed by atoms with van der Waals surface area (Å²) in [5.41, 5.74) is 0. The van der Waals surface area contributed by atoms with Crippen LogP contribution in [0.4, 0.5) is 0 Å². The maximum absolute atomic E-state index is 2.44. The summed E-state index contributed by atoms with van der Waals surface area (Å²) in [4.78, 5) is 0. The first-order chi connectivity index (χ1) is 7.61. The fourth-order valence-corrected chi connectivity index (χ4v) is 2.36. The molecule has 0 saturated carbocycles. The van der Waals surface area contributed by atoms with Crippen LogP contribution in [0.5, 0.6) is 0 Å². The molecule has 0 radical (unpaired) electrons. The first kappa shape index (κ1) is 16.0. The van der Waals surface area contributed by atoms with Crippen LogP contribution >= 0.6 is 0 Å². The van der Waals surface area contributed by atoms with E-state index in [-0.39, 0.29) is 0 Å². The third-order valence-electron chi connectivity index (χ3n) is 4.27. The Kier molecular flexibility index (Phi) is 10.2. The predicted octanol–water partition coefficient (Wildman–Crippen LogP) is 6.06. The van der Waals surface area contributed by atoms with Gasteiger partial charge in [0, 0.05) is 0 Å². The molecule has 0 nitrogen and oxygen atoms in total. The maximum atomic E-state index is 2.44. The second-order valence-corrected chi connectivity index (χ2v) is 5.89. The Morgan fingerprint density at radius 2 is 1.25 bits per heavy atom. The van der Waals surface area contributed by atoms with Crippen LogP contribution < -0.4 is 0 Å². The molecule has 0 amide bonds. The van der Waals surface area contributed by atoms with Gasteiger partial charge in [-0.25, -0.2) is 0 Å². The minimum atomic E-state index is 0.930. The quantitative estimate of drug-likeness (QED) is 0.397. The van der Waals surface area contributed by atoms with Crippen molar-refractivity contribution in [3.8, 4) is 0 Å². The second kappa shape index (κ2) is 10.2. The lowest BCUT2D eigenvalue weighted by Gasteiger charge is -2.19. The number of hydrogen-bond acceptors (Lipinski definition) is 0. The number of unbranched alkanes of at least 4 members (excludes halogenated alkanes) is 2. The average molecular weight is 226 g/mol. The molecule has 0 aliphatic heterocycles. The molecule has 3 unspecified atom stereocenters. The molecule has 16 heavy (non-hydrogen) atoms. The lowest BCUT2D eigenvalue weighted by atomic mass is 9.87. The first-order valence-electron chi connectivity index (χ1n) is 7.61. The summed E-state index contributed by atoms with van der Waals surface area (Å²) < 4.78 is 0. The second-order valence-electron chi connectivity index (χ2n) is 5.89. The SMILES string of the molecule is CCCC(C)C(C)CCCCCC(C)CC. The van der Waals surface area contributed by atoms with E-state index >= 15 is 0 Å². The summed E-state index contributed by atoms with van der Waals surface area (Å²) in [6.07, 6.45) is 11.3. The van der Waals surface area contributed by atoms with Crippen LogP contribution in [0.3, 0.4) is 0 Å². The fourth-order valence-electron chi connectivity index (χ4n) is 2.36. The Balaban J connectivity index is 3.37. The van der Waals surface area contributed by atoms with E-state index < -0.39 is 0 Å². The largest absolute Gasteiger partial charge is 0.0654 e. The zero-order valence-corrected chi connectivity index (χ0v) is 12.4. The minimum Gasteiger partial charge on any atom is -0.0654 e. The van der Waals surface area contributed by atoms with Crippen LogP contribution in [0.15, 0.2) is 0 Å². The molecule has 3 atom stereocenters. The molecule has 0 aromatic carbocycles. The lowest BCUT2D eigenvalue weighted by Crippen LogP contribution is -2.07. The summed E-state index contributed by atoms with van der Waals surface area (Å²) in [6, 6.07) is 0. The van der Waals surface area contributed by atoms with Crippen molar-refractivity contribution in [2.24, 2.45) is 17.8 Å². The molecular weight excluding hydrogens is 192 g/mol. The third kappa shape index (κ3) is 8.19. The summed E-state index contributed by atoms with van der Waals surface area (Å²) >= 11 is 0. The third-order valence-corrected chi connectivity index (χ3v) is 4.27. The van der Waals surface area contributed by atoms with Crippen LogP contribution in [0, 0.1) is 17.8 Å². The van der Waals surface area contributed by atoms with Crippen molar-refractivity contribution in [3.05, 3.63) is 0 Å². The van der Waals surface area contributed by atoms with E-state index in [1.807, 2.05) is 0 Å². The highest BCUT2D eigenvalue weighted by Crippen LogP contribution is 2.23. The topological polar surface area (TPSA) is 0 Å². The summed E-state index contributed by atoms with van der Waals surface area (Å²) in [5.74, 6) is 2.81. The van der Waals surface area contributed by atoms with Gasteiger partial charge in [0.15, 0.2) is 0 Å². The molecule has 0 rings (SSSR count). The van der Waals surface area contributed by atoms with Crippen molar-refractivity contribution in [1.82, 2.24) is 0 Å². The van der Waals surface area contributed by atoms with Crippen molar-refractivity contribution in [1.29, 1.82) is 0 Å². The number of rotatable bonds is 10. The smallest absolute Gasteiger partial charge is 0.0417 e. The summed E-state index contributed by atoms with van der Waals surface area (Å²) in [6.45, 7) is 11.8. The van der Waals surface area contributed by atoms with Crippen LogP contribution in [-0.2, 0) is 0 Å². The predicted molar refractivity (Wildman–Crippen MR) is 75.8 cm³/mol. The average Bonchev–Trinajstić information content (AvgIpc) is 2.28. The van der Waals surface area contributed by atoms with Gasteiger partial charge in [-0.05, 0) is 17.8 Å². The first-order valence-corrected chi connectivity index (χ1v) is 7.61. The zero-order valence-electron chi connectivity index (χ0n) is 12.4. The highest BCUT2D eigenvalue weighted by Gasteiger charge is 2.10. The molecule has 0 aliphatic rings. The van der Waals surface area contributed by atoms with Gasteiger partial charge in [-0.15, -0.1) is 0 Å². The van der Waals surface area contributed by atoms with E-state index in [2.05, 4.69) is 34.6 Å². The highest BCUT2D eigenvalue weighted by atomic mass is 14.2. The van der Waals surface area contributed by atoms with Crippen molar-refractivity contribution in [3.63, 3.8) is 0 Å². The molecule has 0 heterocycles. The Morgan fingerprint density at radius 3 is 1.81 bits per heavy atom. The van der Waals surface area contributed by atoms with Crippen LogP contribution in [0.25, 0.3) is 0 Å². The van der Waals surface area contributed by atoms with Gasteiger partial charge in [0.2, 0.25) is 0 Å². The van der Waals surface area contributed by atoms with Gasteiger partial charge in [0.05, 0.1) is 0 Å². The van der Waals surface area contributed by atoms with Gasteiger partial charge in [-0.1, -0.05) is 86.0 Å². The van der Waals surface area contributed by atoms with Crippen molar-refractivity contribution < 1.29 is 0 Å². The zero-order chi connectivity index (χ0) is 12.4. The molecule has 0 saturated heterocycles. The maximum Gasteiger partial charge on any atom is -0.0417 e. The van der Waals surface area contributed by atoms with Crippen LogP contribution in [0.2, 0.25) is 0 Å². The van der Waals surface area contributed by atoms with Gasteiger partial charge in [0.25, 0.3) is 0 Å². The van der Waals surface area contributed by atoms with E-state index in [1.54, 1.807) is 0 Å². The molecule has 98 valence electrons. The molecule has 0 aromatic heterocycles. The number of hydrogen-bond donors (Lipinski definition) is 0. The summed E-state index contributed by atoms with van der Waals surface area (Å²) in [5, 5.41) is 0. The Hall–Kier alpha value is 0. The van der Waals surface area contributed by atoms with E-state index in [0.717, 1.165) is 17.8 Å². The van der Waals surface area contributed by atoms with Crippen LogP contribution in [-0.4, -0.2) is 0 Å². The van der Waals surface area contributed by atoms with E-state index in [9.17, 15) is 0 Å². The molecule has 0 N–H and O–H groups in total. The van der Waals surface area contributed by atoms with Gasteiger partial charge in [-0.2, -0.15) is 0 Å². The molecule has 0 bridgehead atoms. The molecule has 0 aliphatic carbocycles. The van der Waals surface area contributed by atoms with E-state index in [4.69, 9.17) is 0 Å². The van der Waals surface area contributed by atoms with E-state index in [0.29, 0.717) is 0 Å². The summed E-state index contributed by atoms with van der Waals surface area (Å²) in [7, 11) is 0. The molecule has 0 spiro atoms. The Morgan fingerprint density at radius 1 is 0.688 bits per heavy atom. The fraction of sp³-hybridized carbons (Fsp3) is 1.00. The standard InChI is InChI=1S/C16H34/c1-6-11-15(4)16(5)13-10-8-9-12-14(3)7-2/h14-16H,6-13H2,1-5H3. The minimum absolute atomic E-state index is 0.930. The monoisotopic (exact) mass is 226 g/mol.